The van der Waals surface area contributed by atoms with E-state index in [0.717, 1.165) is 0 Å². The van der Waals surface area contributed by atoms with E-state index in [4.69, 9.17) is 0 Å². The van der Waals surface area contributed by atoms with Gasteiger partial charge in [0.1, 0.15) is 0 Å². The average molecular weight is 629 g/mol. The van der Waals surface area contributed by atoms with Gasteiger partial charge < -0.3 is 18.5 Å². The summed E-state index contributed by atoms with van der Waals surface area (Å²) in [5.41, 5.74) is 2.83. The number of hydrogen-bond acceptors (Lipinski definition) is 2. The SMILES string of the molecule is Cc1cc[c-]([Si](C)(C)N2CCCC2)c1.Cc1cc[c-]([Si](C)(C)N2CCCC2)c1.[F-].[F-].[Hf+4]. The van der Waals surface area contributed by atoms with Crippen molar-refractivity contribution in [2.45, 2.75) is 65.7 Å². The third-order valence-corrected chi connectivity index (χ3v) is 14.5. The minimum atomic E-state index is -1.29. The molecular weight excluding hydrogens is 589 g/mol. The van der Waals surface area contributed by atoms with E-state index in [1.807, 2.05) is 0 Å². The van der Waals surface area contributed by atoms with E-state index in [2.05, 4.69) is 85.6 Å². The van der Waals surface area contributed by atoms with Gasteiger partial charge in [-0.25, -0.2) is 23.3 Å². The Bertz CT molecular complexity index is 697. The minimum absolute atomic E-state index is 0. The molecule has 0 saturated carbocycles. The van der Waals surface area contributed by atoms with Crippen molar-refractivity contribution in [1.29, 1.82) is 0 Å². The predicted octanol–water partition coefficient (Wildman–Crippen LogP) is -1.55. The third kappa shape index (κ3) is 7.39. The van der Waals surface area contributed by atoms with Gasteiger partial charge in [-0.15, -0.1) is 10.4 Å². The second kappa shape index (κ2) is 12.9. The summed E-state index contributed by atoms with van der Waals surface area (Å²) in [4.78, 5) is 0. The maximum Gasteiger partial charge on any atom is 4.00 e. The molecule has 2 fully saturated rings. The molecule has 0 aliphatic carbocycles. The fourth-order valence-electron chi connectivity index (χ4n) is 4.80. The first kappa shape index (κ1) is 30.8. The normalized spacial score (nSPS) is 17.2. The van der Waals surface area contributed by atoms with Gasteiger partial charge in [-0.1, -0.05) is 40.0 Å². The Hall–Kier alpha value is -0.216. The Balaban J connectivity index is 0.000000529. The smallest absolute Gasteiger partial charge is 1.00 e. The number of nitrogens with zero attached hydrogens (tertiary/aromatic N) is 2. The Morgan fingerprint density at radius 2 is 0.935 bits per heavy atom. The van der Waals surface area contributed by atoms with E-state index in [9.17, 15) is 0 Å². The predicted molar refractivity (Wildman–Crippen MR) is 129 cm³/mol. The Morgan fingerprint density at radius 3 is 1.16 bits per heavy atom. The molecule has 2 aromatic carbocycles. The van der Waals surface area contributed by atoms with Gasteiger partial charge in [-0.2, -0.15) is 24.3 Å². The molecule has 0 radical (unpaired) electrons. The van der Waals surface area contributed by atoms with E-state index in [-0.39, 0.29) is 35.3 Å². The molecule has 2 nitrogen and oxygen atoms in total. The second-order valence-corrected chi connectivity index (χ2v) is 18.5. The van der Waals surface area contributed by atoms with Crippen LogP contribution in [-0.4, -0.2) is 51.8 Å². The summed E-state index contributed by atoms with van der Waals surface area (Å²) in [6.07, 6.45) is 5.60. The standard InChI is InChI=1S/2C12H20NSi.2FH.Hf/c2*1-11-6-7-12(10-11)14(2,3)13-8-4-5-9-13;;;/h2*6-7,10H,4-5,8-9H2,1-3H3;2*1H;/q2*-1;;;+4/p-2. The molecule has 0 N–H and O–H groups in total. The van der Waals surface area contributed by atoms with E-state index in [1.165, 1.54) is 63.0 Å². The summed E-state index contributed by atoms with van der Waals surface area (Å²) < 4.78 is 5.48. The molecule has 0 aromatic heterocycles. The van der Waals surface area contributed by atoms with Crippen molar-refractivity contribution in [2.75, 3.05) is 26.2 Å². The van der Waals surface area contributed by atoms with Crippen LogP contribution in [-0.2, 0) is 25.8 Å². The van der Waals surface area contributed by atoms with Gasteiger partial charge in [0, 0.05) is 0 Å². The summed E-state index contributed by atoms with van der Waals surface area (Å²) >= 11 is 0. The first-order valence-corrected chi connectivity index (χ1v) is 17.1. The molecule has 172 valence electrons. The van der Waals surface area contributed by atoms with Crippen LogP contribution in [0.1, 0.15) is 36.8 Å². The van der Waals surface area contributed by atoms with Gasteiger partial charge in [0.25, 0.3) is 0 Å². The Kier molecular flexibility index (Phi) is 12.8. The number of aryl methyl sites for hydroxylation is 2. The van der Waals surface area contributed by atoms with Gasteiger partial charge in [0.05, 0.1) is 16.5 Å². The summed E-state index contributed by atoms with van der Waals surface area (Å²) in [6.45, 7) is 19.6. The van der Waals surface area contributed by atoms with Crippen LogP contribution in [0.3, 0.4) is 0 Å². The molecule has 31 heavy (non-hydrogen) atoms. The van der Waals surface area contributed by atoms with Crippen LogP contribution in [0.5, 0.6) is 0 Å². The van der Waals surface area contributed by atoms with Crippen molar-refractivity contribution in [3.63, 3.8) is 0 Å². The monoisotopic (exact) mass is 630 g/mol. The van der Waals surface area contributed by atoms with Crippen molar-refractivity contribution in [3.05, 3.63) is 47.5 Å². The minimum Gasteiger partial charge on any atom is -1.00 e. The maximum absolute atomic E-state index is 2.74. The molecule has 2 aromatic rings. The van der Waals surface area contributed by atoms with Crippen molar-refractivity contribution < 1.29 is 35.3 Å². The third-order valence-electron chi connectivity index (χ3n) is 7.02. The Morgan fingerprint density at radius 1 is 0.645 bits per heavy atom. The number of rotatable bonds is 4. The van der Waals surface area contributed by atoms with Gasteiger partial charge in [0.15, 0.2) is 0 Å². The average Bonchev–Trinajstić information content (AvgIpc) is 3.42. The van der Waals surface area contributed by atoms with Crippen LogP contribution in [0.2, 0.25) is 26.2 Å². The van der Waals surface area contributed by atoms with Crippen LogP contribution in [0.4, 0.5) is 0 Å². The van der Waals surface area contributed by atoms with Gasteiger partial charge in [-0.05, 0) is 51.9 Å². The zero-order valence-electron chi connectivity index (χ0n) is 20.3. The van der Waals surface area contributed by atoms with Crippen molar-refractivity contribution in [1.82, 2.24) is 9.13 Å². The van der Waals surface area contributed by atoms with E-state index in [0.29, 0.717) is 0 Å². The molecular formula is C24H40F2HfN2Si2. The molecule has 0 atom stereocenters. The van der Waals surface area contributed by atoms with Crippen molar-refractivity contribution >= 4 is 26.8 Å². The molecule has 2 saturated heterocycles. The molecule has 7 heteroatoms. The summed E-state index contributed by atoms with van der Waals surface area (Å²) in [5.74, 6) is 0. The number of halogens is 2. The number of hydrogen-bond donors (Lipinski definition) is 0. The fourth-order valence-corrected chi connectivity index (χ4v) is 10.5. The molecule has 4 rings (SSSR count). The van der Waals surface area contributed by atoms with Gasteiger partial charge >= 0.3 is 25.8 Å². The molecule has 2 heterocycles. The maximum atomic E-state index is 2.74. The second-order valence-electron chi connectivity index (χ2n) is 9.86. The molecule has 0 amide bonds. The van der Waals surface area contributed by atoms with Crippen molar-refractivity contribution in [3.8, 4) is 0 Å². The van der Waals surface area contributed by atoms with E-state index >= 15 is 0 Å². The fraction of sp³-hybridized carbons (Fsp3) is 0.583. The molecule has 2 aliphatic heterocycles. The zero-order valence-corrected chi connectivity index (χ0v) is 25.9. The first-order chi connectivity index (χ1) is 13.2. The molecule has 0 bridgehead atoms. The van der Waals surface area contributed by atoms with Crippen molar-refractivity contribution in [2.24, 2.45) is 0 Å². The van der Waals surface area contributed by atoms with E-state index < -0.39 is 16.5 Å². The summed E-state index contributed by atoms with van der Waals surface area (Å²) in [5, 5.41) is 3.22. The first-order valence-electron chi connectivity index (χ1n) is 11.2. The summed E-state index contributed by atoms with van der Waals surface area (Å²) in [6, 6.07) is 13.9. The largest absolute Gasteiger partial charge is 4.00 e. The summed E-state index contributed by atoms with van der Waals surface area (Å²) in [7, 11) is -2.58. The van der Waals surface area contributed by atoms with Gasteiger partial charge in [-0.3, -0.25) is 0 Å². The van der Waals surface area contributed by atoms with Crippen LogP contribution >= 0.6 is 0 Å². The van der Waals surface area contributed by atoms with Crippen LogP contribution in [0.25, 0.3) is 0 Å². The van der Waals surface area contributed by atoms with Gasteiger partial charge in [0.2, 0.25) is 0 Å². The quantitative estimate of drug-likeness (QED) is 0.299. The Labute approximate surface area is 209 Å². The topological polar surface area (TPSA) is 6.48 Å². The van der Waals surface area contributed by atoms with Crippen LogP contribution in [0, 0.1) is 13.8 Å². The molecule has 2 aliphatic rings. The zero-order chi connectivity index (χ0) is 20.4. The van der Waals surface area contributed by atoms with E-state index in [1.54, 1.807) is 10.4 Å². The molecule has 0 spiro atoms. The molecule has 0 unspecified atom stereocenters. The van der Waals surface area contributed by atoms with Crippen LogP contribution in [0.15, 0.2) is 36.4 Å². The van der Waals surface area contributed by atoms with Crippen LogP contribution < -0.4 is 19.8 Å².